The molecule has 1 rings (SSSR count). The van der Waals surface area contributed by atoms with Crippen LogP contribution in [0.4, 0.5) is 0 Å². The molecule has 6 heteroatoms. The number of nitrogens with two attached hydrogens (primary N) is 1. The highest BCUT2D eigenvalue weighted by Gasteiger charge is 2.25. The van der Waals surface area contributed by atoms with Gasteiger partial charge in [-0.05, 0) is 40.7 Å². The molecule has 0 radical (unpaired) electrons. The van der Waals surface area contributed by atoms with E-state index in [1.807, 2.05) is 32.7 Å². The average molecular weight is 284 g/mol. The maximum absolute atomic E-state index is 11.9. The Labute approximate surface area is 121 Å². The highest BCUT2D eigenvalue weighted by molar-refractivity contribution is 5.78. The molecule has 0 atom stereocenters. The van der Waals surface area contributed by atoms with Crippen LogP contribution in [0.5, 0.6) is 0 Å². The predicted octanol–water partition coefficient (Wildman–Crippen LogP) is -0.217. The summed E-state index contributed by atoms with van der Waals surface area (Å²) in [7, 11) is 1.93. The normalized spacial score (nSPS) is 18.2. The third kappa shape index (κ3) is 6.34. The SMILES string of the molecule is CN(CC(N)=O)C1CCN(CC(=O)NC(C)(C)C)CC1. The molecule has 2 amide bonds. The molecule has 6 nitrogen and oxygen atoms in total. The standard InChI is InChI=1S/C14H28N4O2/c1-14(2,3)16-13(20)10-18-7-5-11(6-8-18)17(4)9-12(15)19/h11H,5-10H2,1-4H3,(H2,15,19)(H,16,20). The minimum Gasteiger partial charge on any atom is -0.369 e. The van der Waals surface area contributed by atoms with Gasteiger partial charge in [-0.15, -0.1) is 0 Å². The smallest absolute Gasteiger partial charge is 0.234 e. The number of likely N-dealkylation sites (tertiary alicyclic amines) is 1. The topological polar surface area (TPSA) is 78.7 Å². The zero-order chi connectivity index (χ0) is 15.3. The van der Waals surface area contributed by atoms with E-state index in [1.165, 1.54) is 0 Å². The van der Waals surface area contributed by atoms with Crippen molar-refractivity contribution in [2.45, 2.75) is 45.2 Å². The predicted molar refractivity (Wildman–Crippen MR) is 79.2 cm³/mol. The van der Waals surface area contributed by atoms with E-state index in [-0.39, 0.29) is 17.4 Å². The number of primary amides is 1. The van der Waals surface area contributed by atoms with Gasteiger partial charge in [0.05, 0.1) is 13.1 Å². The van der Waals surface area contributed by atoms with Crippen LogP contribution < -0.4 is 11.1 Å². The molecule has 116 valence electrons. The first-order valence-electron chi connectivity index (χ1n) is 7.19. The Bertz CT molecular complexity index is 344. The van der Waals surface area contributed by atoms with Crippen molar-refractivity contribution in [3.63, 3.8) is 0 Å². The molecule has 1 aliphatic heterocycles. The summed E-state index contributed by atoms with van der Waals surface area (Å²) in [5.74, 6) is -0.221. The van der Waals surface area contributed by atoms with Crippen LogP contribution in [0, 0.1) is 0 Å². The fourth-order valence-electron chi connectivity index (χ4n) is 2.55. The molecule has 0 spiro atoms. The first-order valence-corrected chi connectivity index (χ1v) is 7.19. The molecule has 0 aromatic heterocycles. The number of piperidine rings is 1. The number of rotatable bonds is 5. The van der Waals surface area contributed by atoms with E-state index in [0.717, 1.165) is 25.9 Å². The third-order valence-corrected chi connectivity index (χ3v) is 3.47. The van der Waals surface area contributed by atoms with Crippen molar-refractivity contribution in [1.82, 2.24) is 15.1 Å². The van der Waals surface area contributed by atoms with Crippen LogP contribution in [-0.2, 0) is 9.59 Å². The summed E-state index contributed by atoms with van der Waals surface area (Å²) in [6.45, 7) is 8.46. The van der Waals surface area contributed by atoms with Crippen molar-refractivity contribution in [3.8, 4) is 0 Å². The molecule has 3 N–H and O–H groups in total. The molecule has 1 saturated heterocycles. The van der Waals surface area contributed by atoms with Gasteiger partial charge in [-0.2, -0.15) is 0 Å². The van der Waals surface area contributed by atoms with Gasteiger partial charge in [0.15, 0.2) is 0 Å². The van der Waals surface area contributed by atoms with E-state index in [0.29, 0.717) is 19.1 Å². The Balaban J connectivity index is 2.32. The Kier molecular flexibility index (Phi) is 5.95. The number of likely N-dealkylation sites (N-methyl/N-ethyl adjacent to an activating group) is 1. The number of amides is 2. The van der Waals surface area contributed by atoms with Crippen LogP contribution in [0.3, 0.4) is 0 Å². The van der Waals surface area contributed by atoms with Gasteiger partial charge in [0, 0.05) is 24.7 Å². The maximum Gasteiger partial charge on any atom is 0.234 e. The Morgan fingerprint density at radius 3 is 2.30 bits per heavy atom. The van der Waals surface area contributed by atoms with E-state index >= 15 is 0 Å². The quantitative estimate of drug-likeness (QED) is 0.732. The monoisotopic (exact) mass is 284 g/mol. The van der Waals surface area contributed by atoms with Crippen molar-refractivity contribution in [2.24, 2.45) is 5.73 Å². The number of carbonyl (C=O) groups excluding carboxylic acids is 2. The van der Waals surface area contributed by atoms with E-state index in [4.69, 9.17) is 5.73 Å². The van der Waals surface area contributed by atoms with Crippen molar-refractivity contribution in [2.75, 3.05) is 33.2 Å². The molecule has 1 heterocycles. The van der Waals surface area contributed by atoms with Gasteiger partial charge in [-0.25, -0.2) is 0 Å². The molecule has 0 saturated carbocycles. The van der Waals surface area contributed by atoms with Crippen LogP contribution in [0.1, 0.15) is 33.6 Å². The second kappa shape index (κ2) is 7.04. The van der Waals surface area contributed by atoms with Gasteiger partial charge in [0.2, 0.25) is 11.8 Å². The average Bonchev–Trinajstić information content (AvgIpc) is 2.26. The van der Waals surface area contributed by atoms with Crippen molar-refractivity contribution in [3.05, 3.63) is 0 Å². The van der Waals surface area contributed by atoms with Gasteiger partial charge >= 0.3 is 0 Å². The van der Waals surface area contributed by atoms with E-state index in [2.05, 4.69) is 10.2 Å². The molecular weight excluding hydrogens is 256 g/mol. The lowest BCUT2D eigenvalue weighted by Crippen LogP contribution is -2.50. The summed E-state index contributed by atoms with van der Waals surface area (Å²) >= 11 is 0. The number of nitrogens with one attached hydrogen (secondary N) is 1. The summed E-state index contributed by atoms with van der Waals surface area (Å²) < 4.78 is 0. The van der Waals surface area contributed by atoms with Crippen molar-refractivity contribution >= 4 is 11.8 Å². The van der Waals surface area contributed by atoms with E-state index < -0.39 is 0 Å². The molecular formula is C14H28N4O2. The molecule has 1 aliphatic rings. The molecule has 0 aromatic rings. The molecule has 0 aliphatic carbocycles. The Morgan fingerprint density at radius 2 is 1.85 bits per heavy atom. The second-order valence-electron chi connectivity index (χ2n) is 6.69. The lowest BCUT2D eigenvalue weighted by atomic mass is 10.0. The zero-order valence-electron chi connectivity index (χ0n) is 13.1. The largest absolute Gasteiger partial charge is 0.369 e. The lowest BCUT2D eigenvalue weighted by molar-refractivity contribution is -0.124. The fraction of sp³-hybridized carbons (Fsp3) is 0.857. The number of hydrogen-bond acceptors (Lipinski definition) is 4. The molecule has 1 fully saturated rings. The van der Waals surface area contributed by atoms with E-state index in [1.54, 1.807) is 0 Å². The van der Waals surface area contributed by atoms with Crippen LogP contribution in [0.2, 0.25) is 0 Å². The summed E-state index contributed by atoms with van der Waals surface area (Å²) in [4.78, 5) is 26.9. The molecule has 20 heavy (non-hydrogen) atoms. The fourth-order valence-corrected chi connectivity index (χ4v) is 2.55. The Hall–Kier alpha value is -1.14. The Morgan fingerprint density at radius 1 is 1.30 bits per heavy atom. The first kappa shape index (κ1) is 16.9. The molecule has 0 aromatic carbocycles. The van der Waals surface area contributed by atoms with Gasteiger partial charge in [0.25, 0.3) is 0 Å². The van der Waals surface area contributed by atoms with Gasteiger partial charge in [-0.1, -0.05) is 0 Å². The molecule has 0 bridgehead atoms. The van der Waals surface area contributed by atoms with Crippen molar-refractivity contribution < 1.29 is 9.59 Å². The lowest BCUT2D eigenvalue weighted by Gasteiger charge is -2.36. The highest BCUT2D eigenvalue weighted by atomic mass is 16.2. The summed E-state index contributed by atoms with van der Waals surface area (Å²) in [6, 6.07) is 0.379. The van der Waals surface area contributed by atoms with Gasteiger partial charge in [-0.3, -0.25) is 19.4 Å². The highest BCUT2D eigenvalue weighted by Crippen LogP contribution is 2.14. The first-order chi connectivity index (χ1) is 9.17. The van der Waals surface area contributed by atoms with Gasteiger partial charge in [0.1, 0.15) is 0 Å². The van der Waals surface area contributed by atoms with Gasteiger partial charge < -0.3 is 11.1 Å². The van der Waals surface area contributed by atoms with Crippen LogP contribution in [-0.4, -0.2) is 66.4 Å². The van der Waals surface area contributed by atoms with Crippen LogP contribution >= 0.6 is 0 Å². The zero-order valence-corrected chi connectivity index (χ0v) is 13.1. The van der Waals surface area contributed by atoms with E-state index in [9.17, 15) is 9.59 Å². The third-order valence-electron chi connectivity index (χ3n) is 3.47. The van der Waals surface area contributed by atoms with Crippen LogP contribution in [0.15, 0.2) is 0 Å². The van der Waals surface area contributed by atoms with Crippen molar-refractivity contribution in [1.29, 1.82) is 0 Å². The summed E-state index contributed by atoms with van der Waals surface area (Å²) in [5.41, 5.74) is 5.02. The number of nitrogens with zero attached hydrogens (tertiary/aromatic N) is 2. The second-order valence-corrected chi connectivity index (χ2v) is 6.69. The minimum absolute atomic E-state index is 0.0708. The molecule has 0 unspecified atom stereocenters. The summed E-state index contributed by atoms with van der Waals surface area (Å²) in [6.07, 6.45) is 1.93. The minimum atomic E-state index is -0.292. The number of carbonyl (C=O) groups is 2. The van der Waals surface area contributed by atoms with Crippen LogP contribution in [0.25, 0.3) is 0 Å². The maximum atomic E-state index is 11.9. The summed E-state index contributed by atoms with van der Waals surface area (Å²) in [5, 5.41) is 2.97. The number of hydrogen-bond donors (Lipinski definition) is 2.